The summed E-state index contributed by atoms with van der Waals surface area (Å²) in [5.74, 6) is -0.363. The first-order valence-electron chi connectivity index (χ1n) is 8.92. The van der Waals surface area contributed by atoms with E-state index < -0.39 is 5.41 Å². The van der Waals surface area contributed by atoms with E-state index in [1.54, 1.807) is 24.3 Å². The maximum Gasteiger partial charge on any atom is 0.179 e. The summed E-state index contributed by atoms with van der Waals surface area (Å²) in [5, 5.41) is 29.2. The third-order valence-electron chi connectivity index (χ3n) is 5.26. The molecule has 2 aromatic carbocycles. The zero-order valence-electron chi connectivity index (χ0n) is 15.0. The molecule has 4 rings (SSSR count). The zero-order chi connectivity index (χ0) is 19.6. The summed E-state index contributed by atoms with van der Waals surface area (Å²) in [6.45, 7) is 0. The molecule has 0 saturated heterocycles. The highest BCUT2D eigenvalue weighted by Gasteiger charge is 2.48. The minimum Gasteiger partial charge on any atom is -0.196 e. The van der Waals surface area contributed by atoms with E-state index in [0.29, 0.717) is 11.1 Å². The molecule has 0 aromatic heterocycles. The fraction of sp³-hybridized carbons (Fsp3) is 0.0800. The quantitative estimate of drug-likeness (QED) is 0.743. The predicted octanol–water partition coefficient (Wildman–Crippen LogP) is 5.18. The van der Waals surface area contributed by atoms with E-state index in [-0.39, 0.29) is 5.92 Å². The lowest BCUT2D eigenvalue weighted by atomic mass is 9.72. The Kier molecular flexibility index (Phi) is 4.25. The van der Waals surface area contributed by atoms with Crippen molar-refractivity contribution >= 4 is 11.1 Å². The summed E-state index contributed by atoms with van der Waals surface area (Å²) < 4.78 is 0. The van der Waals surface area contributed by atoms with Crippen LogP contribution in [0, 0.1) is 45.3 Å². The van der Waals surface area contributed by atoms with Crippen LogP contribution < -0.4 is 0 Å². The van der Waals surface area contributed by atoms with E-state index in [1.807, 2.05) is 60.7 Å². The first-order valence-corrected chi connectivity index (χ1v) is 8.92. The molecule has 0 fully saturated rings. The molecule has 28 heavy (non-hydrogen) atoms. The fourth-order valence-corrected chi connectivity index (χ4v) is 3.80. The molecule has 0 N–H and O–H groups in total. The summed E-state index contributed by atoms with van der Waals surface area (Å²) in [6.07, 6.45) is 9.90. The first-order chi connectivity index (χ1) is 13.7. The molecule has 0 bridgehead atoms. The SMILES string of the molecule is N#Cc1ccc(C2=CC3=CC=CC(c4ccccc4)=CC3C2(C#N)C#N)cc1. The van der Waals surface area contributed by atoms with Crippen LogP contribution in [0.1, 0.15) is 16.7 Å². The second kappa shape index (κ2) is 6.88. The van der Waals surface area contributed by atoms with Crippen LogP contribution in [0.3, 0.4) is 0 Å². The smallest absolute Gasteiger partial charge is 0.179 e. The number of rotatable bonds is 2. The van der Waals surface area contributed by atoms with Crippen molar-refractivity contribution in [2.24, 2.45) is 11.3 Å². The number of hydrogen-bond donors (Lipinski definition) is 0. The van der Waals surface area contributed by atoms with Gasteiger partial charge in [-0.25, -0.2) is 0 Å². The van der Waals surface area contributed by atoms with Gasteiger partial charge in [0.1, 0.15) is 0 Å². The summed E-state index contributed by atoms with van der Waals surface area (Å²) in [7, 11) is 0. The van der Waals surface area contributed by atoms with E-state index in [4.69, 9.17) is 5.26 Å². The molecule has 2 aliphatic rings. The van der Waals surface area contributed by atoms with Gasteiger partial charge in [-0.05, 0) is 40.0 Å². The number of hydrogen-bond acceptors (Lipinski definition) is 3. The van der Waals surface area contributed by atoms with Gasteiger partial charge in [-0.1, -0.05) is 72.8 Å². The highest BCUT2D eigenvalue weighted by Crippen LogP contribution is 2.52. The van der Waals surface area contributed by atoms with Crippen molar-refractivity contribution in [3.8, 4) is 18.2 Å². The van der Waals surface area contributed by atoms with Crippen LogP contribution in [0.15, 0.2) is 90.6 Å². The van der Waals surface area contributed by atoms with Gasteiger partial charge in [-0.3, -0.25) is 0 Å². The summed E-state index contributed by atoms with van der Waals surface area (Å²) in [4.78, 5) is 0. The van der Waals surface area contributed by atoms with Crippen molar-refractivity contribution in [2.75, 3.05) is 0 Å². The maximum atomic E-state index is 10.1. The van der Waals surface area contributed by atoms with Crippen molar-refractivity contribution in [1.82, 2.24) is 0 Å². The van der Waals surface area contributed by atoms with Crippen molar-refractivity contribution in [2.45, 2.75) is 0 Å². The molecule has 0 saturated carbocycles. The van der Waals surface area contributed by atoms with Gasteiger partial charge < -0.3 is 0 Å². The molecule has 3 heteroatoms. The normalized spacial score (nSPS) is 19.0. The summed E-state index contributed by atoms with van der Waals surface area (Å²) in [6, 6.07) is 23.7. The summed E-state index contributed by atoms with van der Waals surface area (Å²) >= 11 is 0. The Bertz CT molecular complexity index is 1160. The molecule has 2 aliphatic carbocycles. The molecule has 2 aromatic rings. The largest absolute Gasteiger partial charge is 0.196 e. The Hall–Kier alpha value is -4.13. The molecule has 3 nitrogen and oxygen atoms in total. The Labute approximate surface area is 164 Å². The van der Waals surface area contributed by atoms with E-state index in [9.17, 15) is 10.5 Å². The van der Waals surface area contributed by atoms with Gasteiger partial charge in [0.15, 0.2) is 5.41 Å². The van der Waals surface area contributed by atoms with Gasteiger partial charge in [0.25, 0.3) is 0 Å². The lowest BCUT2D eigenvalue weighted by Crippen LogP contribution is -2.24. The van der Waals surface area contributed by atoms with E-state index in [1.165, 1.54) is 0 Å². The third-order valence-corrected chi connectivity index (χ3v) is 5.26. The predicted molar refractivity (Wildman–Crippen MR) is 108 cm³/mol. The van der Waals surface area contributed by atoms with Crippen LogP contribution in [0.2, 0.25) is 0 Å². The second-order valence-electron chi connectivity index (χ2n) is 6.77. The average Bonchev–Trinajstić information content (AvgIpc) is 2.91. The average molecular weight is 357 g/mol. The van der Waals surface area contributed by atoms with E-state index in [0.717, 1.165) is 22.3 Å². The minimum atomic E-state index is -1.31. The Morgan fingerprint density at radius 1 is 0.821 bits per heavy atom. The standard InChI is InChI=1S/C25H15N3/c26-15-18-9-11-20(12-10-18)23-14-22-8-4-7-21(19-5-2-1-3-6-19)13-24(22)25(23,16-27)17-28/h1-14,24H. The maximum absolute atomic E-state index is 10.1. The molecule has 0 spiro atoms. The molecular formula is C25H15N3. The minimum absolute atomic E-state index is 0.363. The monoisotopic (exact) mass is 357 g/mol. The van der Waals surface area contributed by atoms with Crippen LogP contribution >= 0.6 is 0 Å². The van der Waals surface area contributed by atoms with Gasteiger partial charge in [0.2, 0.25) is 0 Å². The molecule has 0 aliphatic heterocycles. The highest BCUT2D eigenvalue weighted by atomic mass is 14.5. The molecule has 1 atom stereocenters. The van der Waals surface area contributed by atoms with Crippen LogP contribution in [0.25, 0.3) is 11.1 Å². The van der Waals surface area contributed by atoms with E-state index in [2.05, 4.69) is 18.2 Å². The Morgan fingerprint density at radius 3 is 2.18 bits per heavy atom. The lowest BCUT2D eigenvalue weighted by molar-refractivity contribution is 0.579. The number of nitrogens with zero attached hydrogens (tertiary/aromatic N) is 3. The van der Waals surface area contributed by atoms with Crippen LogP contribution in [-0.2, 0) is 0 Å². The van der Waals surface area contributed by atoms with Crippen LogP contribution in [0.5, 0.6) is 0 Å². The number of nitriles is 3. The first kappa shape index (κ1) is 17.3. The van der Waals surface area contributed by atoms with Crippen molar-refractivity contribution < 1.29 is 0 Å². The highest BCUT2D eigenvalue weighted by molar-refractivity contribution is 5.86. The molecule has 130 valence electrons. The van der Waals surface area contributed by atoms with Gasteiger partial charge in [-0.15, -0.1) is 0 Å². The molecule has 0 heterocycles. The topological polar surface area (TPSA) is 71.4 Å². The van der Waals surface area contributed by atoms with E-state index >= 15 is 0 Å². The second-order valence-corrected chi connectivity index (χ2v) is 6.77. The zero-order valence-corrected chi connectivity index (χ0v) is 15.0. The van der Waals surface area contributed by atoms with Crippen LogP contribution in [0.4, 0.5) is 0 Å². The third kappa shape index (κ3) is 2.66. The molecule has 0 amide bonds. The number of fused-ring (bicyclic) bond motifs is 1. The lowest BCUT2D eigenvalue weighted by Gasteiger charge is -2.24. The fourth-order valence-electron chi connectivity index (χ4n) is 3.80. The number of benzene rings is 2. The van der Waals surface area contributed by atoms with Gasteiger partial charge in [-0.2, -0.15) is 15.8 Å². The van der Waals surface area contributed by atoms with Gasteiger partial charge in [0, 0.05) is 5.92 Å². The number of allylic oxidation sites excluding steroid dienone is 8. The van der Waals surface area contributed by atoms with Crippen molar-refractivity contribution in [1.29, 1.82) is 15.8 Å². The Morgan fingerprint density at radius 2 is 1.54 bits per heavy atom. The molecule has 1 unspecified atom stereocenters. The van der Waals surface area contributed by atoms with Gasteiger partial charge in [0.05, 0.1) is 23.8 Å². The molecular weight excluding hydrogens is 342 g/mol. The van der Waals surface area contributed by atoms with Crippen LogP contribution in [-0.4, -0.2) is 0 Å². The summed E-state index contributed by atoms with van der Waals surface area (Å²) in [5.41, 5.74) is 3.67. The van der Waals surface area contributed by atoms with Crippen molar-refractivity contribution in [3.63, 3.8) is 0 Å². The van der Waals surface area contributed by atoms with Crippen molar-refractivity contribution in [3.05, 3.63) is 107 Å². The molecule has 0 radical (unpaired) electrons. The Balaban J connectivity index is 1.86. The van der Waals surface area contributed by atoms with Gasteiger partial charge >= 0.3 is 0 Å².